The zero-order valence-electron chi connectivity index (χ0n) is 12.6. The molecule has 2 heteroatoms. The zero-order valence-corrected chi connectivity index (χ0v) is 12.6. The van der Waals surface area contributed by atoms with Crippen LogP contribution in [0.2, 0.25) is 0 Å². The van der Waals surface area contributed by atoms with E-state index in [1.54, 1.807) is 0 Å². The van der Waals surface area contributed by atoms with Crippen molar-refractivity contribution in [2.75, 3.05) is 13.2 Å². The van der Waals surface area contributed by atoms with Crippen LogP contribution >= 0.6 is 0 Å². The van der Waals surface area contributed by atoms with Gasteiger partial charge < -0.3 is 10.1 Å². The van der Waals surface area contributed by atoms with E-state index < -0.39 is 0 Å². The summed E-state index contributed by atoms with van der Waals surface area (Å²) in [5, 5.41) is 3.73. The molecule has 0 aromatic heterocycles. The maximum Gasteiger partial charge on any atom is 0.0834 e. The highest BCUT2D eigenvalue weighted by molar-refractivity contribution is 4.99. The molecule has 0 bridgehead atoms. The standard InChI is InChI=1S/C16H31NO/c1-5-13-17-15(10-9-14(3)4)16(18-6-2)11-7-8-12-16/h15,17H,3,5-13H2,1-2,4H3. The van der Waals surface area contributed by atoms with Crippen LogP contribution in [0, 0.1) is 0 Å². The summed E-state index contributed by atoms with van der Waals surface area (Å²) in [6.07, 6.45) is 8.53. The molecule has 1 fully saturated rings. The summed E-state index contributed by atoms with van der Waals surface area (Å²) in [4.78, 5) is 0. The van der Waals surface area contributed by atoms with Gasteiger partial charge in [0.1, 0.15) is 0 Å². The molecule has 0 heterocycles. The molecule has 1 aliphatic carbocycles. The lowest BCUT2D eigenvalue weighted by Gasteiger charge is -2.38. The number of rotatable bonds is 9. The minimum absolute atomic E-state index is 0.0966. The van der Waals surface area contributed by atoms with Crippen molar-refractivity contribution < 1.29 is 4.74 Å². The molecular formula is C16H31NO. The van der Waals surface area contributed by atoms with Crippen LogP contribution in [0.5, 0.6) is 0 Å². The van der Waals surface area contributed by atoms with E-state index in [0.717, 1.165) is 26.0 Å². The number of hydrogen-bond acceptors (Lipinski definition) is 2. The Kier molecular flexibility index (Phi) is 6.95. The van der Waals surface area contributed by atoms with Gasteiger partial charge in [0, 0.05) is 12.6 Å². The number of nitrogens with one attached hydrogen (secondary N) is 1. The second-order valence-corrected chi connectivity index (χ2v) is 5.71. The Morgan fingerprint density at radius 3 is 2.50 bits per heavy atom. The van der Waals surface area contributed by atoms with Gasteiger partial charge in [-0.15, -0.1) is 6.58 Å². The fourth-order valence-corrected chi connectivity index (χ4v) is 3.11. The summed E-state index contributed by atoms with van der Waals surface area (Å²) >= 11 is 0. The third-order valence-corrected chi connectivity index (χ3v) is 4.02. The van der Waals surface area contributed by atoms with Crippen LogP contribution < -0.4 is 5.32 Å². The number of hydrogen-bond donors (Lipinski definition) is 1. The molecule has 1 unspecified atom stereocenters. The minimum Gasteiger partial charge on any atom is -0.374 e. The SMILES string of the molecule is C=C(C)CCC(NCCC)C1(OCC)CCCC1. The van der Waals surface area contributed by atoms with Gasteiger partial charge in [0.25, 0.3) is 0 Å². The van der Waals surface area contributed by atoms with E-state index in [4.69, 9.17) is 4.74 Å². The van der Waals surface area contributed by atoms with Crippen LogP contribution in [-0.4, -0.2) is 24.8 Å². The van der Waals surface area contributed by atoms with Crippen molar-refractivity contribution in [2.24, 2.45) is 0 Å². The van der Waals surface area contributed by atoms with Crippen molar-refractivity contribution in [3.8, 4) is 0 Å². The Bertz CT molecular complexity index is 243. The molecule has 2 nitrogen and oxygen atoms in total. The van der Waals surface area contributed by atoms with Gasteiger partial charge >= 0.3 is 0 Å². The topological polar surface area (TPSA) is 21.3 Å². The summed E-state index contributed by atoms with van der Waals surface area (Å²) in [5.74, 6) is 0. The van der Waals surface area contributed by atoms with E-state index in [1.807, 2.05) is 0 Å². The average molecular weight is 253 g/mol. The normalized spacial score (nSPS) is 19.9. The van der Waals surface area contributed by atoms with E-state index in [0.29, 0.717) is 6.04 Å². The van der Waals surface area contributed by atoms with Gasteiger partial charge in [0.05, 0.1) is 5.60 Å². The summed E-state index contributed by atoms with van der Waals surface area (Å²) in [7, 11) is 0. The monoisotopic (exact) mass is 253 g/mol. The summed E-state index contributed by atoms with van der Waals surface area (Å²) in [6.45, 7) is 12.4. The molecule has 0 radical (unpaired) electrons. The first-order chi connectivity index (χ1) is 8.64. The van der Waals surface area contributed by atoms with Crippen molar-refractivity contribution in [2.45, 2.75) is 77.4 Å². The van der Waals surface area contributed by atoms with Crippen molar-refractivity contribution in [3.63, 3.8) is 0 Å². The van der Waals surface area contributed by atoms with Crippen molar-refractivity contribution in [3.05, 3.63) is 12.2 Å². The van der Waals surface area contributed by atoms with E-state index in [9.17, 15) is 0 Å². The molecule has 106 valence electrons. The lowest BCUT2D eigenvalue weighted by Crippen LogP contribution is -2.51. The van der Waals surface area contributed by atoms with Crippen molar-refractivity contribution in [1.29, 1.82) is 0 Å². The third kappa shape index (κ3) is 4.40. The Morgan fingerprint density at radius 2 is 2.00 bits per heavy atom. The fourth-order valence-electron chi connectivity index (χ4n) is 3.11. The van der Waals surface area contributed by atoms with Gasteiger partial charge in [-0.25, -0.2) is 0 Å². The second kappa shape index (κ2) is 7.96. The second-order valence-electron chi connectivity index (χ2n) is 5.71. The molecule has 0 aromatic carbocycles. The molecule has 1 atom stereocenters. The Hall–Kier alpha value is -0.340. The molecule has 18 heavy (non-hydrogen) atoms. The van der Waals surface area contributed by atoms with Crippen molar-refractivity contribution >= 4 is 0 Å². The highest BCUT2D eigenvalue weighted by Gasteiger charge is 2.41. The first kappa shape index (κ1) is 15.7. The first-order valence-corrected chi connectivity index (χ1v) is 7.66. The Labute approximate surface area is 113 Å². The maximum absolute atomic E-state index is 6.19. The van der Waals surface area contributed by atoms with Gasteiger partial charge in [-0.2, -0.15) is 0 Å². The average Bonchev–Trinajstić information content (AvgIpc) is 2.79. The number of ether oxygens (including phenoxy) is 1. The fraction of sp³-hybridized carbons (Fsp3) is 0.875. The Balaban J connectivity index is 2.66. The van der Waals surface area contributed by atoms with Crippen molar-refractivity contribution in [1.82, 2.24) is 5.32 Å². The minimum atomic E-state index is 0.0966. The highest BCUT2D eigenvalue weighted by Crippen LogP contribution is 2.38. The first-order valence-electron chi connectivity index (χ1n) is 7.66. The highest BCUT2D eigenvalue weighted by atomic mass is 16.5. The van der Waals surface area contributed by atoms with E-state index in [2.05, 4.69) is 32.7 Å². The predicted molar refractivity (Wildman–Crippen MR) is 79.0 cm³/mol. The van der Waals surface area contributed by atoms with Gasteiger partial charge in [0.15, 0.2) is 0 Å². The molecule has 0 amide bonds. The van der Waals surface area contributed by atoms with E-state index in [1.165, 1.54) is 37.7 Å². The van der Waals surface area contributed by atoms with Crippen LogP contribution in [-0.2, 0) is 4.74 Å². The van der Waals surface area contributed by atoms with Gasteiger partial charge in [-0.3, -0.25) is 0 Å². The molecule has 1 N–H and O–H groups in total. The number of allylic oxidation sites excluding steroid dienone is 1. The summed E-state index contributed by atoms with van der Waals surface area (Å²) in [5.41, 5.74) is 1.38. The van der Waals surface area contributed by atoms with Crippen LogP contribution in [0.3, 0.4) is 0 Å². The maximum atomic E-state index is 6.19. The van der Waals surface area contributed by atoms with Gasteiger partial charge in [-0.1, -0.05) is 25.3 Å². The smallest absolute Gasteiger partial charge is 0.0834 e. The molecular weight excluding hydrogens is 222 g/mol. The van der Waals surface area contributed by atoms with E-state index >= 15 is 0 Å². The Morgan fingerprint density at radius 1 is 1.33 bits per heavy atom. The largest absolute Gasteiger partial charge is 0.374 e. The van der Waals surface area contributed by atoms with Crippen LogP contribution in [0.15, 0.2) is 12.2 Å². The third-order valence-electron chi connectivity index (χ3n) is 4.02. The summed E-state index contributed by atoms with van der Waals surface area (Å²) in [6, 6.07) is 0.497. The van der Waals surface area contributed by atoms with Crippen LogP contribution in [0.25, 0.3) is 0 Å². The molecule has 0 aliphatic heterocycles. The van der Waals surface area contributed by atoms with Crippen LogP contribution in [0.4, 0.5) is 0 Å². The molecule has 1 aliphatic rings. The molecule has 0 aromatic rings. The van der Waals surface area contributed by atoms with E-state index in [-0.39, 0.29) is 5.60 Å². The summed E-state index contributed by atoms with van der Waals surface area (Å²) < 4.78 is 6.19. The molecule has 0 spiro atoms. The molecule has 1 rings (SSSR count). The lowest BCUT2D eigenvalue weighted by atomic mass is 9.87. The zero-order chi connectivity index (χ0) is 13.4. The van der Waals surface area contributed by atoms with Gasteiger partial charge in [0.2, 0.25) is 0 Å². The van der Waals surface area contributed by atoms with Crippen LogP contribution in [0.1, 0.15) is 65.7 Å². The lowest BCUT2D eigenvalue weighted by molar-refractivity contribution is -0.0630. The predicted octanol–water partition coefficient (Wildman–Crippen LogP) is 4.06. The quantitative estimate of drug-likeness (QED) is 0.626. The molecule has 0 saturated heterocycles. The molecule has 1 saturated carbocycles. The van der Waals surface area contributed by atoms with Gasteiger partial charge in [-0.05, 0) is 52.5 Å².